The number of aromatic nitrogens is 3. The van der Waals surface area contributed by atoms with Crippen molar-refractivity contribution in [3.05, 3.63) is 105 Å². The van der Waals surface area contributed by atoms with Gasteiger partial charge in [0.15, 0.2) is 11.0 Å². The van der Waals surface area contributed by atoms with E-state index in [-0.39, 0.29) is 12.5 Å². The Morgan fingerprint density at radius 3 is 2.36 bits per heavy atom. The molecule has 0 fully saturated rings. The van der Waals surface area contributed by atoms with Gasteiger partial charge in [0.25, 0.3) is 5.91 Å². The maximum atomic E-state index is 12.7. The highest BCUT2D eigenvalue weighted by atomic mass is 35.5. The number of hydrogen-bond donors (Lipinski definition) is 1. The Hall–Kier alpha value is -2.80. The zero-order chi connectivity index (χ0) is 23.4. The van der Waals surface area contributed by atoms with Gasteiger partial charge in [0.1, 0.15) is 0 Å². The summed E-state index contributed by atoms with van der Waals surface area (Å²) in [5.74, 6) is 1.11. The van der Waals surface area contributed by atoms with E-state index in [1.165, 1.54) is 11.1 Å². The molecule has 168 valence electrons. The average molecular weight is 497 g/mol. The van der Waals surface area contributed by atoms with Crippen molar-refractivity contribution in [2.45, 2.75) is 31.3 Å². The Morgan fingerprint density at radius 2 is 1.67 bits per heavy atom. The number of hydrogen-bond acceptors (Lipinski definition) is 4. The van der Waals surface area contributed by atoms with Gasteiger partial charge >= 0.3 is 0 Å². The number of benzene rings is 3. The third-order valence-electron chi connectivity index (χ3n) is 5.14. The molecule has 1 N–H and O–H groups in total. The van der Waals surface area contributed by atoms with Gasteiger partial charge in [-0.15, -0.1) is 10.2 Å². The SMILES string of the molecule is Cc1ccc(-n2c(CNC(=O)c3cc(Cl)cc(Cl)c3)nnc2SCc2ccccc2C)cc1. The van der Waals surface area contributed by atoms with Gasteiger partial charge in [-0.25, -0.2) is 0 Å². The molecule has 0 radical (unpaired) electrons. The molecule has 3 aromatic carbocycles. The van der Waals surface area contributed by atoms with E-state index < -0.39 is 0 Å². The van der Waals surface area contributed by atoms with Crippen molar-refractivity contribution in [2.24, 2.45) is 0 Å². The lowest BCUT2D eigenvalue weighted by Crippen LogP contribution is -2.24. The average Bonchev–Trinajstić information content (AvgIpc) is 3.19. The quantitative estimate of drug-likeness (QED) is 0.300. The lowest BCUT2D eigenvalue weighted by molar-refractivity contribution is 0.0949. The molecule has 1 aromatic heterocycles. The number of rotatable bonds is 7. The van der Waals surface area contributed by atoms with Crippen molar-refractivity contribution in [1.29, 1.82) is 0 Å². The fourth-order valence-electron chi connectivity index (χ4n) is 3.32. The molecule has 1 amide bonds. The molecule has 0 saturated carbocycles. The van der Waals surface area contributed by atoms with Crippen LogP contribution in [0.3, 0.4) is 0 Å². The van der Waals surface area contributed by atoms with Crippen LogP contribution in [-0.4, -0.2) is 20.7 Å². The molecule has 1 heterocycles. The normalized spacial score (nSPS) is 10.9. The van der Waals surface area contributed by atoms with E-state index in [1.54, 1.807) is 30.0 Å². The summed E-state index contributed by atoms with van der Waals surface area (Å²) >= 11 is 13.7. The summed E-state index contributed by atoms with van der Waals surface area (Å²) in [4.78, 5) is 12.7. The minimum Gasteiger partial charge on any atom is -0.345 e. The molecule has 0 aliphatic rings. The summed E-state index contributed by atoms with van der Waals surface area (Å²) in [7, 11) is 0. The molecule has 0 atom stereocenters. The first-order chi connectivity index (χ1) is 15.9. The predicted octanol–water partition coefficient (Wildman–Crippen LogP) is 6.41. The summed E-state index contributed by atoms with van der Waals surface area (Å²) in [6.07, 6.45) is 0. The van der Waals surface area contributed by atoms with E-state index in [2.05, 4.69) is 34.6 Å². The highest BCUT2D eigenvalue weighted by Crippen LogP contribution is 2.27. The van der Waals surface area contributed by atoms with Gasteiger partial charge in [0.05, 0.1) is 6.54 Å². The highest BCUT2D eigenvalue weighted by molar-refractivity contribution is 7.98. The Kier molecular flexibility index (Phi) is 7.38. The molecule has 0 saturated heterocycles. The van der Waals surface area contributed by atoms with E-state index in [9.17, 15) is 4.79 Å². The lowest BCUT2D eigenvalue weighted by Gasteiger charge is -2.12. The van der Waals surface area contributed by atoms with Crippen LogP contribution in [0.25, 0.3) is 5.69 Å². The van der Waals surface area contributed by atoms with E-state index in [0.717, 1.165) is 22.2 Å². The zero-order valence-corrected chi connectivity index (χ0v) is 20.5. The first kappa shape index (κ1) is 23.4. The van der Waals surface area contributed by atoms with Gasteiger partial charge in [-0.05, 0) is 55.3 Å². The monoisotopic (exact) mass is 496 g/mol. The second kappa shape index (κ2) is 10.4. The third kappa shape index (κ3) is 5.77. The zero-order valence-electron chi connectivity index (χ0n) is 18.2. The molecule has 0 spiro atoms. The molecule has 4 aromatic rings. The van der Waals surface area contributed by atoms with Gasteiger partial charge in [-0.2, -0.15) is 0 Å². The Morgan fingerprint density at radius 1 is 0.970 bits per heavy atom. The number of nitrogens with zero attached hydrogens (tertiary/aromatic N) is 3. The lowest BCUT2D eigenvalue weighted by atomic mass is 10.1. The van der Waals surface area contributed by atoms with Crippen molar-refractivity contribution >= 4 is 40.9 Å². The fourth-order valence-corrected chi connectivity index (χ4v) is 4.90. The Bertz CT molecular complexity index is 1270. The first-order valence-corrected chi connectivity index (χ1v) is 12.1. The van der Waals surface area contributed by atoms with Crippen LogP contribution in [-0.2, 0) is 12.3 Å². The fraction of sp³-hybridized carbons (Fsp3) is 0.160. The van der Waals surface area contributed by atoms with Crippen LogP contribution in [0.1, 0.15) is 32.9 Å². The predicted molar refractivity (Wildman–Crippen MR) is 134 cm³/mol. The van der Waals surface area contributed by atoms with Crippen molar-refractivity contribution in [3.8, 4) is 5.69 Å². The van der Waals surface area contributed by atoms with Crippen LogP contribution >= 0.6 is 35.0 Å². The van der Waals surface area contributed by atoms with Crippen LogP contribution in [0.2, 0.25) is 10.0 Å². The Labute approximate surface area is 207 Å². The van der Waals surface area contributed by atoms with E-state index in [4.69, 9.17) is 23.2 Å². The second-order valence-electron chi connectivity index (χ2n) is 7.63. The van der Waals surface area contributed by atoms with Gasteiger partial charge < -0.3 is 5.32 Å². The van der Waals surface area contributed by atoms with Gasteiger partial charge in [-0.3, -0.25) is 9.36 Å². The molecule has 8 heteroatoms. The number of carbonyl (C=O) groups excluding carboxylic acids is 1. The molecular formula is C25H22Cl2N4OS. The maximum absolute atomic E-state index is 12.7. The number of amides is 1. The number of thioether (sulfide) groups is 1. The minimum atomic E-state index is -0.285. The molecule has 4 rings (SSSR count). The summed E-state index contributed by atoms with van der Waals surface area (Å²) in [5.41, 5.74) is 4.97. The number of carbonyl (C=O) groups is 1. The molecule has 5 nitrogen and oxygen atoms in total. The largest absolute Gasteiger partial charge is 0.345 e. The standard InChI is InChI=1S/C25H22Cl2N4OS/c1-16-7-9-22(10-8-16)31-23(14-28-24(32)19-11-20(26)13-21(27)12-19)29-30-25(31)33-15-18-6-4-3-5-17(18)2/h3-13H,14-15H2,1-2H3,(H,28,32). The highest BCUT2D eigenvalue weighted by Gasteiger charge is 2.17. The second-order valence-corrected chi connectivity index (χ2v) is 9.44. The van der Waals surface area contributed by atoms with E-state index >= 15 is 0 Å². The van der Waals surface area contributed by atoms with Crippen LogP contribution in [0.5, 0.6) is 0 Å². The number of halogens is 2. The smallest absolute Gasteiger partial charge is 0.251 e. The molecule has 0 aliphatic heterocycles. The number of aryl methyl sites for hydroxylation is 2. The van der Waals surface area contributed by atoms with Crippen LogP contribution in [0.4, 0.5) is 0 Å². The van der Waals surface area contributed by atoms with Crippen LogP contribution < -0.4 is 5.32 Å². The summed E-state index contributed by atoms with van der Waals surface area (Å²) < 4.78 is 1.98. The first-order valence-electron chi connectivity index (χ1n) is 10.3. The minimum absolute atomic E-state index is 0.203. The van der Waals surface area contributed by atoms with Gasteiger partial charge in [-0.1, -0.05) is 76.9 Å². The number of nitrogens with one attached hydrogen (secondary N) is 1. The van der Waals surface area contributed by atoms with Gasteiger partial charge in [0.2, 0.25) is 0 Å². The van der Waals surface area contributed by atoms with Crippen LogP contribution in [0.15, 0.2) is 71.9 Å². The molecule has 0 aliphatic carbocycles. The topological polar surface area (TPSA) is 59.8 Å². The van der Waals surface area contributed by atoms with Crippen molar-refractivity contribution in [2.75, 3.05) is 0 Å². The molecule has 33 heavy (non-hydrogen) atoms. The van der Waals surface area contributed by atoms with Crippen molar-refractivity contribution in [1.82, 2.24) is 20.1 Å². The maximum Gasteiger partial charge on any atom is 0.251 e. The van der Waals surface area contributed by atoms with E-state index in [1.807, 2.05) is 47.9 Å². The summed E-state index contributed by atoms with van der Waals surface area (Å²) in [5, 5.41) is 13.3. The Balaban J connectivity index is 1.58. The molecule has 0 unspecified atom stereocenters. The summed E-state index contributed by atoms with van der Waals surface area (Å²) in [6, 6.07) is 21.2. The van der Waals surface area contributed by atoms with E-state index in [0.29, 0.717) is 21.4 Å². The van der Waals surface area contributed by atoms with Gasteiger partial charge in [0, 0.05) is 27.0 Å². The third-order valence-corrected chi connectivity index (χ3v) is 6.56. The van der Waals surface area contributed by atoms with Crippen LogP contribution in [0, 0.1) is 13.8 Å². The molecule has 0 bridgehead atoms. The van der Waals surface area contributed by atoms with Crippen molar-refractivity contribution in [3.63, 3.8) is 0 Å². The summed E-state index contributed by atoms with van der Waals surface area (Å²) in [6.45, 7) is 4.35. The van der Waals surface area contributed by atoms with Crippen molar-refractivity contribution < 1.29 is 4.79 Å². The molecular weight excluding hydrogens is 475 g/mol.